The Morgan fingerprint density at radius 3 is 2.40 bits per heavy atom. The molecule has 1 unspecified atom stereocenters. The second-order valence-corrected chi connectivity index (χ2v) is 15.7. The average molecular weight is 784 g/mol. The molecule has 1 atom stereocenters. The largest absolute Gasteiger partial charge is 0.511 e. The first-order chi connectivity index (χ1) is 27.5. The van der Waals surface area contributed by atoms with Gasteiger partial charge >= 0.3 is 12.1 Å². The summed E-state index contributed by atoms with van der Waals surface area (Å²) in [4.78, 5) is 43.4. The number of carbonyl (C=O) groups is 3. The standard InChI is InChI=1S/C44H57N5O8/c1-6-20-56-42(52)37(47-43(53)57-29-36-34-15-9-7-13-32(34)33-14-8-10-16-35(33)36)17-11-12-19-49-31(27-46-48-49)28-55-23-22-54-21-18-45-38(24-30(2)3)41-39(50)25-44(4,5)26-40(41)51/h6-10,13-16,27,30,36-37,50H,1,11-12,17-26,28-29H2,2-5H3,(H,47,53). The number of fused-ring (bicyclic) bond motifs is 3. The van der Waals surface area contributed by atoms with E-state index >= 15 is 0 Å². The van der Waals surface area contributed by atoms with Gasteiger partial charge in [-0.05, 0) is 59.3 Å². The fraction of sp³-hybridized carbons (Fsp3) is 0.500. The summed E-state index contributed by atoms with van der Waals surface area (Å²) in [6, 6.07) is 15.3. The molecule has 13 nitrogen and oxygen atoms in total. The number of aliphatic imine (C=N–C) groups is 1. The lowest BCUT2D eigenvalue weighted by Crippen LogP contribution is -2.42. The van der Waals surface area contributed by atoms with Crippen LogP contribution in [0.15, 0.2) is 83.7 Å². The van der Waals surface area contributed by atoms with Crippen molar-refractivity contribution >= 4 is 23.6 Å². The van der Waals surface area contributed by atoms with Gasteiger partial charge in [0.15, 0.2) is 5.78 Å². The highest BCUT2D eigenvalue weighted by Crippen LogP contribution is 2.44. The number of hydrogen-bond donors (Lipinski definition) is 2. The number of aliphatic hydroxyl groups excluding tert-OH is 1. The number of aliphatic hydroxyl groups is 1. The van der Waals surface area contributed by atoms with E-state index in [9.17, 15) is 19.5 Å². The lowest BCUT2D eigenvalue weighted by atomic mass is 9.75. The van der Waals surface area contributed by atoms with Crippen LogP contribution >= 0.6 is 0 Å². The van der Waals surface area contributed by atoms with Crippen molar-refractivity contribution in [2.75, 3.05) is 39.6 Å². The van der Waals surface area contributed by atoms with Crippen LogP contribution in [0.4, 0.5) is 4.79 Å². The molecule has 0 bridgehead atoms. The average Bonchev–Trinajstić information content (AvgIpc) is 3.75. The lowest BCUT2D eigenvalue weighted by Gasteiger charge is -2.30. The Balaban J connectivity index is 1.02. The Hall–Kier alpha value is -5.14. The number of ether oxygens (including phenoxy) is 4. The van der Waals surface area contributed by atoms with E-state index < -0.39 is 18.1 Å². The molecule has 0 saturated heterocycles. The number of hydrogen-bond acceptors (Lipinski definition) is 11. The van der Waals surface area contributed by atoms with Crippen molar-refractivity contribution in [3.8, 4) is 11.1 Å². The molecule has 0 saturated carbocycles. The summed E-state index contributed by atoms with van der Waals surface area (Å²) in [5.41, 5.74) is 6.04. The molecular weight excluding hydrogens is 727 g/mol. The summed E-state index contributed by atoms with van der Waals surface area (Å²) in [7, 11) is 0. The van der Waals surface area contributed by atoms with Crippen LogP contribution in [0.2, 0.25) is 0 Å². The molecular formula is C44H57N5O8. The van der Waals surface area contributed by atoms with Crippen molar-refractivity contribution in [3.63, 3.8) is 0 Å². The summed E-state index contributed by atoms with van der Waals surface area (Å²) in [6.07, 6.45) is 5.51. The minimum absolute atomic E-state index is 0.0347. The van der Waals surface area contributed by atoms with E-state index in [2.05, 4.69) is 65.3 Å². The van der Waals surface area contributed by atoms with Gasteiger partial charge in [0.2, 0.25) is 0 Å². The number of alkyl carbamates (subject to hydrolysis) is 1. The summed E-state index contributed by atoms with van der Waals surface area (Å²) in [5.74, 6) is -0.287. The molecule has 0 aliphatic heterocycles. The monoisotopic (exact) mass is 783 g/mol. The zero-order valence-corrected chi connectivity index (χ0v) is 33.7. The van der Waals surface area contributed by atoms with Gasteiger partial charge in [-0.3, -0.25) is 9.79 Å². The van der Waals surface area contributed by atoms with Gasteiger partial charge in [0.05, 0.1) is 50.4 Å². The molecule has 2 aliphatic carbocycles. The Kier molecular flexibility index (Phi) is 15.7. The zero-order valence-electron chi connectivity index (χ0n) is 33.7. The van der Waals surface area contributed by atoms with E-state index in [0.29, 0.717) is 89.3 Å². The molecule has 2 aromatic carbocycles. The lowest BCUT2D eigenvalue weighted by molar-refractivity contribution is -0.145. The Morgan fingerprint density at radius 2 is 1.72 bits per heavy atom. The molecule has 13 heteroatoms. The van der Waals surface area contributed by atoms with Gasteiger partial charge in [-0.2, -0.15) is 0 Å². The molecule has 0 radical (unpaired) electrons. The van der Waals surface area contributed by atoms with Crippen molar-refractivity contribution in [1.29, 1.82) is 0 Å². The number of allylic oxidation sites excluding steroid dienone is 2. The number of amides is 1. The minimum atomic E-state index is -0.891. The maximum atomic E-state index is 13.0. The minimum Gasteiger partial charge on any atom is -0.511 e. The number of nitrogens with zero attached hydrogens (tertiary/aromatic N) is 4. The number of rotatable bonds is 22. The molecule has 306 valence electrons. The first-order valence-electron chi connectivity index (χ1n) is 19.9. The van der Waals surface area contributed by atoms with E-state index in [0.717, 1.165) is 27.9 Å². The summed E-state index contributed by atoms with van der Waals surface area (Å²) in [6.45, 7) is 14.2. The third kappa shape index (κ3) is 12.2. The molecule has 1 aromatic heterocycles. The van der Waals surface area contributed by atoms with E-state index in [1.165, 1.54) is 6.08 Å². The molecule has 2 aliphatic rings. The zero-order chi connectivity index (χ0) is 40.8. The van der Waals surface area contributed by atoms with Crippen LogP contribution in [0.1, 0.15) is 89.0 Å². The van der Waals surface area contributed by atoms with Crippen LogP contribution < -0.4 is 5.32 Å². The third-order valence-electron chi connectivity index (χ3n) is 9.98. The van der Waals surface area contributed by atoms with Gasteiger partial charge in [-0.1, -0.05) is 94.1 Å². The van der Waals surface area contributed by atoms with Gasteiger partial charge in [-0.15, -0.1) is 5.10 Å². The van der Waals surface area contributed by atoms with E-state index in [1.54, 1.807) is 10.9 Å². The topological polar surface area (TPSA) is 163 Å². The van der Waals surface area contributed by atoms with Crippen LogP contribution in [0.3, 0.4) is 0 Å². The first-order valence-corrected chi connectivity index (χ1v) is 19.9. The van der Waals surface area contributed by atoms with Crippen LogP contribution in [-0.2, 0) is 41.7 Å². The highest BCUT2D eigenvalue weighted by atomic mass is 16.6. The maximum absolute atomic E-state index is 13.0. The number of aromatic nitrogens is 3. The van der Waals surface area contributed by atoms with E-state index in [-0.39, 0.29) is 42.0 Å². The Bertz CT molecular complexity index is 1870. The number of benzene rings is 2. The van der Waals surface area contributed by atoms with Crippen LogP contribution in [0.25, 0.3) is 11.1 Å². The second-order valence-electron chi connectivity index (χ2n) is 15.7. The van der Waals surface area contributed by atoms with Crippen LogP contribution in [0, 0.1) is 11.3 Å². The van der Waals surface area contributed by atoms with Crippen molar-refractivity contribution in [2.24, 2.45) is 16.3 Å². The molecule has 3 aromatic rings. The summed E-state index contributed by atoms with van der Waals surface area (Å²) >= 11 is 0. The number of ketones is 1. The van der Waals surface area contributed by atoms with Gasteiger partial charge in [0, 0.05) is 31.0 Å². The fourth-order valence-electron chi connectivity index (χ4n) is 7.35. The highest BCUT2D eigenvalue weighted by molar-refractivity contribution is 6.23. The summed E-state index contributed by atoms with van der Waals surface area (Å²) < 4.78 is 24.3. The Morgan fingerprint density at radius 1 is 1.02 bits per heavy atom. The maximum Gasteiger partial charge on any atom is 0.407 e. The van der Waals surface area contributed by atoms with E-state index in [1.807, 2.05) is 38.1 Å². The number of esters is 1. The third-order valence-corrected chi connectivity index (χ3v) is 9.98. The SMILES string of the molecule is C=CCOC(=O)C(CCCCn1nncc1COCCOCCN=C(CC(C)C)C1=C(O)CC(C)(C)CC1=O)NC(=O)OCC1c2ccccc2-c2ccccc21. The number of Topliss-reactive ketones (excluding diaryl/α,β-unsaturated/α-hetero) is 1. The van der Waals surface area contributed by atoms with Gasteiger partial charge < -0.3 is 29.4 Å². The predicted molar refractivity (Wildman–Crippen MR) is 217 cm³/mol. The molecule has 1 heterocycles. The van der Waals surface area contributed by atoms with Crippen molar-refractivity contribution in [2.45, 2.75) is 91.3 Å². The van der Waals surface area contributed by atoms with Crippen LogP contribution in [-0.4, -0.2) is 89.3 Å². The smallest absolute Gasteiger partial charge is 0.407 e. The number of unbranched alkanes of at least 4 members (excludes halogenated alkanes) is 1. The van der Waals surface area contributed by atoms with Gasteiger partial charge in [0.25, 0.3) is 0 Å². The molecule has 57 heavy (non-hydrogen) atoms. The van der Waals surface area contributed by atoms with Crippen molar-refractivity contribution < 1.29 is 38.4 Å². The van der Waals surface area contributed by atoms with Gasteiger partial charge in [0.1, 0.15) is 25.0 Å². The van der Waals surface area contributed by atoms with Gasteiger partial charge in [-0.25, -0.2) is 14.3 Å². The van der Waals surface area contributed by atoms with Crippen molar-refractivity contribution in [1.82, 2.24) is 20.3 Å². The Labute approximate surface area is 335 Å². The molecule has 0 fully saturated rings. The molecule has 1 amide bonds. The van der Waals surface area contributed by atoms with Crippen molar-refractivity contribution in [3.05, 3.63) is 95.5 Å². The molecule has 0 spiro atoms. The molecule has 5 rings (SSSR count). The first kappa shape index (κ1) is 43.0. The second kappa shape index (κ2) is 20.9. The van der Waals surface area contributed by atoms with Crippen LogP contribution in [0.5, 0.6) is 0 Å². The fourth-order valence-corrected chi connectivity index (χ4v) is 7.35. The number of nitrogens with one attached hydrogen (secondary N) is 1. The normalized spacial score (nSPS) is 15.7. The molecule has 2 N–H and O–H groups in total. The number of aryl methyl sites for hydroxylation is 1. The number of carbonyl (C=O) groups excluding carboxylic acids is 3. The summed E-state index contributed by atoms with van der Waals surface area (Å²) in [5, 5.41) is 21.6. The quantitative estimate of drug-likeness (QED) is 0.0457. The predicted octanol–water partition coefficient (Wildman–Crippen LogP) is 7.31. The van der Waals surface area contributed by atoms with E-state index in [4.69, 9.17) is 18.9 Å². The highest BCUT2D eigenvalue weighted by Gasteiger charge is 2.35.